The Morgan fingerprint density at radius 3 is 2.73 bits per heavy atom. The highest BCUT2D eigenvalue weighted by atomic mass is 16.4. The Kier molecular flexibility index (Phi) is 10.4. The number of carbonyl (C=O) groups excluding carboxylic acids is 2. The predicted octanol–water partition coefficient (Wildman–Crippen LogP) is -1.27. The molecule has 0 aromatic heterocycles. The number of aliphatic carboxylic acids is 1. The number of nitrogens with two attached hydrogens (primary N) is 1. The lowest BCUT2D eigenvalue weighted by atomic mass is 10.0. The van der Waals surface area contributed by atoms with E-state index in [1.807, 2.05) is 7.05 Å². The molecule has 22 heavy (non-hydrogen) atoms. The molecule has 0 aromatic carbocycles. The van der Waals surface area contributed by atoms with Gasteiger partial charge in [-0.25, -0.2) is 0 Å². The molecule has 0 bridgehead atoms. The summed E-state index contributed by atoms with van der Waals surface area (Å²) < 4.78 is 0. The Hall–Kier alpha value is -2.16. The van der Waals surface area contributed by atoms with Crippen molar-refractivity contribution in [3.05, 3.63) is 0 Å². The van der Waals surface area contributed by atoms with E-state index in [9.17, 15) is 14.4 Å². The van der Waals surface area contributed by atoms with Gasteiger partial charge < -0.3 is 26.4 Å². The van der Waals surface area contributed by atoms with E-state index in [2.05, 4.69) is 16.4 Å². The molecule has 126 valence electrons. The number of carbonyl (C=O) groups is 3. The van der Waals surface area contributed by atoms with Crippen molar-refractivity contribution in [2.75, 3.05) is 26.7 Å². The second-order valence-electron chi connectivity index (χ2n) is 4.79. The maximum Gasteiger partial charge on any atom is 0.323 e. The number of rotatable bonds is 7. The molecule has 6 N–H and O–H groups in total. The third kappa shape index (κ3) is 8.20. The fourth-order valence-corrected chi connectivity index (χ4v) is 2.09. The molecule has 1 fully saturated rings. The quantitative estimate of drug-likeness (QED) is 0.225. The Morgan fingerprint density at radius 2 is 2.18 bits per heavy atom. The van der Waals surface area contributed by atoms with Crippen molar-refractivity contribution < 1.29 is 19.5 Å². The van der Waals surface area contributed by atoms with E-state index in [4.69, 9.17) is 10.5 Å². The van der Waals surface area contributed by atoms with Gasteiger partial charge in [0.15, 0.2) is 0 Å². The first-order chi connectivity index (χ1) is 10.5. The predicted molar refractivity (Wildman–Crippen MR) is 81.5 cm³/mol. The van der Waals surface area contributed by atoms with Gasteiger partial charge in [0.2, 0.25) is 11.8 Å². The van der Waals surface area contributed by atoms with Gasteiger partial charge in [0.1, 0.15) is 12.6 Å². The molecule has 1 aliphatic heterocycles. The SMILES string of the molecule is CNCCCC(=O)N[C@H]1CCCN(CC(=O)O)C1=O.N=CN. The second-order valence-corrected chi connectivity index (χ2v) is 4.79. The highest BCUT2D eigenvalue weighted by molar-refractivity contribution is 5.89. The van der Waals surface area contributed by atoms with Crippen molar-refractivity contribution in [1.82, 2.24) is 15.5 Å². The Bertz CT molecular complexity index is 389. The molecule has 0 aliphatic carbocycles. The molecule has 0 unspecified atom stereocenters. The summed E-state index contributed by atoms with van der Waals surface area (Å²) in [5.41, 5.74) is 4.39. The van der Waals surface area contributed by atoms with Gasteiger partial charge in [0.05, 0.1) is 6.34 Å². The molecule has 9 nitrogen and oxygen atoms in total. The van der Waals surface area contributed by atoms with E-state index in [1.54, 1.807) is 0 Å². The van der Waals surface area contributed by atoms with Crippen LogP contribution in [0, 0.1) is 5.41 Å². The Labute approximate surface area is 129 Å². The monoisotopic (exact) mass is 315 g/mol. The van der Waals surface area contributed by atoms with Crippen molar-refractivity contribution in [3.8, 4) is 0 Å². The fourth-order valence-electron chi connectivity index (χ4n) is 2.09. The van der Waals surface area contributed by atoms with Gasteiger partial charge >= 0.3 is 5.97 Å². The average Bonchev–Trinajstić information content (AvgIpc) is 2.44. The van der Waals surface area contributed by atoms with Crippen molar-refractivity contribution in [2.24, 2.45) is 5.73 Å². The molecular formula is C13H25N5O4. The molecule has 9 heteroatoms. The zero-order chi connectivity index (χ0) is 17.0. The minimum Gasteiger partial charge on any atom is -0.480 e. The highest BCUT2D eigenvalue weighted by Gasteiger charge is 2.30. The zero-order valence-corrected chi connectivity index (χ0v) is 12.8. The summed E-state index contributed by atoms with van der Waals surface area (Å²) in [5.74, 6) is -1.49. The number of piperidine rings is 1. The van der Waals surface area contributed by atoms with Crippen LogP contribution in [0.2, 0.25) is 0 Å². The molecular weight excluding hydrogens is 290 g/mol. The van der Waals surface area contributed by atoms with Gasteiger partial charge in [-0.1, -0.05) is 0 Å². The third-order valence-corrected chi connectivity index (χ3v) is 3.02. The smallest absolute Gasteiger partial charge is 0.323 e. The maximum atomic E-state index is 12.0. The molecule has 1 atom stereocenters. The Morgan fingerprint density at radius 1 is 1.55 bits per heavy atom. The molecule has 1 heterocycles. The summed E-state index contributed by atoms with van der Waals surface area (Å²) in [6.45, 7) is 0.888. The Balaban J connectivity index is 0.00000135. The van der Waals surface area contributed by atoms with Gasteiger partial charge in [-0.2, -0.15) is 0 Å². The van der Waals surface area contributed by atoms with Crippen LogP contribution in [0.15, 0.2) is 0 Å². The molecule has 2 amide bonds. The number of carboxylic acid groups (broad SMARTS) is 1. The van der Waals surface area contributed by atoms with E-state index in [-0.39, 0.29) is 18.4 Å². The van der Waals surface area contributed by atoms with Crippen LogP contribution in [0.3, 0.4) is 0 Å². The van der Waals surface area contributed by atoms with Gasteiger partial charge in [-0.3, -0.25) is 19.8 Å². The standard InChI is InChI=1S/C12H21N3O4.CH4N2/c1-13-6-2-5-10(16)14-9-4-3-7-15(12(9)19)8-11(17)18;2-1-3/h9,13H,2-8H2,1H3,(H,14,16)(H,17,18);1H,(H3,2,3)/t9-;/m0./s1. The van der Waals surface area contributed by atoms with Gasteiger partial charge in [-0.15, -0.1) is 0 Å². The van der Waals surface area contributed by atoms with Crippen LogP contribution in [0.25, 0.3) is 0 Å². The second kappa shape index (κ2) is 11.5. The summed E-state index contributed by atoms with van der Waals surface area (Å²) in [6.07, 6.45) is 3.11. The van der Waals surface area contributed by atoms with Crippen LogP contribution in [0.5, 0.6) is 0 Å². The van der Waals surface area contributed by atoms with Crippen LogP contribution in [0.4, 0.5) is 0 Å². The molecule has 0 saturated carbocycles. The van der Waals surface area contributed by atoms with Crippen molar-refractivity contribution >= 4 is 24.1 Å². The zero-order valence-electron chi connectivity index (χ0n) is 12.8. The molecule has 0 spiro atoms. The van der Waals surface area contributed by atoms with E-state index < -0.39 is 12.0 Å². The summed E-state index contributed by atoms with van der Waals surface area (Å²) in [5, 5.41) is 20.2. The van der Waals surface area contributed by atoms with Crippen molar-refractivity contribution in [1.29, 1.82) is 5.41 Å². The topological polar surface area (TPSA) is 149 Å². The van der Waals surface area contributed by atoms with Crippen LogP contribution in [-0.2, 0) is 14.4 Å². The maximum absolute atomic E-state index is 12.0. The first-order valence-electron chi connectivity index (χ1n) is 7.11. The number of nitrogens with one attached hydrogen (secondary N) is 3. The van der Waals surface area contributed by atoms with E-state index in [0.29, 0.717) is 32.2 Å². The molecule has 0 radical (unpaired) electrons. The fraction of sp³-hybridized carbons (Fsp3) is 0.692. The van der Waals surface area contributed by atoms with E-state index in [0.717, 1.165) is 12.9 Å². The number of hydrogen-bond acceptors (Lipinski definition) is 5. The van der Waals surface area contributed by atoms with Crippen LogP contribution in [0.1, 0.15) is 25.7 Å². The number of hydrogen-bond donors (Lipinski definition) is 5. The minimum absolute atomic E-state index is 0.161. The van der Waals surface area contributed by atoms with Crippen LogP contribution < -0.4 is 16.4 Å². The summed E-state index contributed by atoms with van der Waals surface area (Å²) in [4.78, 5) is 35.5. The van der Waals surface area contributed by atoms with Crippen LogP contribution in [-0.4, -0.2) is 66.9 Å². The number of likely N-dealkylation sites (tertiary alicyclic amines) is 1. The highest BCUT2D eigenvalue weighted by Crippen LogP contribution is 2.11. The summed E-state index contributed by atoms with van der Waals surface area (Å²) in [7, 11) is 1.81. The normalized spacial score (nSPS) is 17.2. The lowest BCUT2D eigenvalue weighted by Gasteiger charge is -2.31. The number of amides is 2. The van der Waals surface area contributed by atoms with E-state index in [1.165, 1.54) is 4.90 Å². The average molecular weight is 315 g/mol. The number of nitrogens with zero attached hydrogens (tertiary/aromatic N) is 1. The largest absolute Gasteiger partial charge is 0.480 e. The summed E-state index contributed by atoms with van der Waals surface area (Å²) in [6, 6.07) is -0.574. The summed E-state index contributed by atoms with van der Waals surface area (Å²) >= 11 is 0. The minimum atomic E-state index is -1.03. The van der Waals surface area contributed by atoms with Gasteiger partial charge in [0, 0.05) is 13.0 Å². The molecule has 1 aliphatic rings. The lowest BCUT2D eigenvalue weighted by molar-refractivity contribution is -0.147. The first-order valence-corrected chi connectivity index (χ1v) is 7.11. The van der Waals surface area contributed by atoms with E-state index >= 15 is 0 Å². The molecule has 0 aromatic rings. The van der Waals surface area contributed by atoms with Gasteiger partial charge in [0.25, 0.3) is 0 Å². The first kappa shape index (κ1) is 19.8. The van der Waals surface area contributed by atoms with Crippen molar-refractivity contribution in [2.45, 2.75) is 31.7 Å². The molecule has 1 rings (SSSR count). The van der Waals surface area contributed by atoms with Gasteiger partial charge in [-0.05, 0) is 32.9 Å². The van der Waals surface area contributed by atoms with Crippen LogP contribution >= 0.6 is 0 Å². The molecule has 1 saturated heterocycles. The number of carboxylic acids is 1. The lowest BCUT2D eigenvalue weighted by Crippen LogP contribution is -2.53. The third-order valence-electron chi connectivity index (χ3n) is 3.02. The van der Waals surface area contributed by atoms with Crippen molar-refractivity contribution in [3.63, 3.8) is 0 Å².